The third-order valence-electron chi connectivity index (χ3n) is 22.8. The summed E-state index contributed by atoms with van der Waals surface area (Å²) in [6.45, 7) is 13.2. The lowest BCUT2D eigenvalue weighted by Crippen LogP contribution is -2.70. The number of hydrogen-bond donors (Lipinski definition) is 16. The van der Waals surface area contributed by atoms with Gasteiger partial charge in [0.1, 0.15) is 97.0 Å². The number of carbonyl (C=O) groups excluding carboxylic acids is 1. The lowest BCUT2D eigenvalue weighted by Gasteiger charge is -2.72. The van der Waals surface area contributed by atoms with Gasteiger partial charge in [-0.25, -0.2) is 0 Å². The molecule has 0 aromatic heterocycles. The van der Waals surface area contributed by atoms with E-state index in [-0.39, 0.29) is 36.5 Å². The highest BCUT2D eigenvalue weighted by molar-refractivity contribution is 5.80. The molecular formula is C58H94O27. The van der Waals surface area contributed by atoms with E-state index in [0.717, 1.165) is 5.57 Å². The van der Waals surface area contributed by atoms with Gasteiger partial charge >= 0.3 is 5.97 Å². The van der Waals surface area contributed by atoms with Crippen molar-refractivity contribution in [2.24, 2.45) is 50.2 Å². The topological polar surface area (TPSA) is 433 Å². The monoisotopic (exact) mass is 1220 g/mol. The van der Waals surface area contributed by atoms with E-state index in [1.807, 2.05) is 6.92 Å². The van der Waals surface area contributed by atoms with Gasteiger partial charge in [-0.3, -0.25) is 4.79 Å². The van der Waals surface area contributed by atoms with Crippen LogP contribution in [-0.2, 0) is 52.2 Å². The molecule has 10 rings (SSSR count). The fourth-order valence-electron chi connectivity index (χ4n) is 17.6. The van der Waals surface area contributed by atoms with E-state index in [9.17, 15) is 81.7 Å². The second kappa shape index (κ2) is 24.0. The van der Waals surface area contributed by atoms with Crippen molar-refractivity contribution >= 4 is 5.97 Å². The Hall–Kier alpha value is -1.79. The van der Waals surface area contributed by atoms with Crippen LogP contribution in [0.1, 0.15) is 107 Å². The van der Waals surface area contributed by atoms with Gasteiger partial charge in [0, 0.05) is 5.41 Å². The summed E-state index contributed by atoms with van der Waals surface area (Å²) in [4.78, 5) is 15.4. The van der Waals surface area contributed by atoms with Crippen LogP contribution in [0.5, 0.6) is 0 Å². The molecule has 0 aromatic rings. The predicted molar refractivity (Wildman–Crippen MR) is 285 cm³/mol. The molecule has 4 saturated carbocycles. The first-order valence-electron chi connectivity index (χ1n) is 30.2. The van der Waals surface area contributed by atoms with Crippen LogP contribution < -0.4 is 0 Å². The van der Waals surface area contributed by atoms with Crippen LogP contribution in [0.15, 0.2) is 11.6 Å². The quantitative estimate of drug-likeness (QED) is 0.0504. The van der Waals surface area contributed by atoms with Gasteiger partial charge in [0.25, 0.3) is 0 Å². The van der Waals surface area contributed by atoms with E-state index in [0.29, 0.717) is 32.1 Å². The van der Waals surface area contributed by atoms with Crippen molar-refractivity contribution in [2.75, 3.05) is 26.4 Å². The number of ether oxygens (including phenoxy) is 10. The maximum Gasteiger partial charge on any atom is 0.317 e. The molecule has 0 radical (unpaired) electrons. The van der Waals surface area contributed by atoms with Crippen molar-refractivity contribution < 1.29 is 134 Å². The Labute approximate surface area is 493 Å². The van der Waals surface area contributed by atoms with Gasteiger partial charge < -0.3 is 129 Å². The molecule has 85 heavy (non-hydrogen) atoms. The van der Waals surface area contributed by atoms with E-state index >= 15 is 4.79 Å². The molecule has 5 aliphatic carbocycles. The Morgan fingerprint density at radius 3 is 1.80 bits per heavy atom. The fourth-order valence-corrected chi connectivity index (χ4v) is 17.6. The Balaban J connectivity index is 0.856. The van der Waals surface area contributed by atoms with E-state index in [2.05, 4.69) is 40.7 Å². The second-order valence-corrected chi connectivity index (χ2v) is 28.3. The number of hydrogen-bond acceptors (Lipinski definition) is 27. The first-order valence-corrected chi connectivity index (χ1v) is 30.2. The van der Waals surface area contributed by atoms with Crippen molar-refractivity contribution in [2.45, 2.75) is 266 Å². The first-order chi connectivity index (χ1) is 39.7. The number of esters is 1. The van der Waals surface area contributed by atoms with Gasteiger partial charge in [-0.15, -0.1) is 0 Å². The normalized spacial score (nSPS) is 56.1. The molecule has 27 nitrogen and oxygen atoms in total. The van der Waals surface area contributed by atoms with Gasteiger partial charge in [-0.2, -0.15) is 0 Å². The fraction of sp³-hybridized carbons (Fsp3) is 0.948. The van der Waals surface area contributed by atoms with Gasteiger partial charge in [0.2, 0.25) is 6.29 Å². The highest BCUT2D eigenvalue weighted by Gasteiger charge is 2.73. The van der Waals surface area contributed by atoms with Crippen molar-refractivity contribution in [3.8, 4) is 0 Å². The van der Waals surface area contributed by atoms with Crippen molar-refractivity contribution in [1.82, 2.24) is 0 Å². The Morgan fingerprint density at radius 1 is 0.553 bits per heavy atom. The molecule has 16 N–H and O–H groups in total. The van der Waals surface area contributed by atoms with Gasteiger partial charge in [-0.05, 0) is 105 Å². The van der Waals surface area contributed by atoms with Gasteiger partial charge in [0.05, 0.1) is 56.9 Å². The third kappa shape index (κ3) is 10.8. The molecule has 488 valence electrons. The minimum atomic E-state index is -1.98. The Kier molecular flexibility index (Phi) is 18.7. The van der Waals surface area contributed by atoms with Crippen LogP contribution in [0.2, 0.25) is 0 Å². The molecule has 27 heteroatoms. The zero-order chi connectivity index (χ0) is 62.2. The minimum absolute atomic E-state index is 0.124. The predicted octanol–water partition coefficient (Wildman–Crippen LogP) is -3.96. The zero-order valence-electron chi connectivity index (χ0n) is 49.5. The number of aliphatic hydroxyl groups is 16. The standard InChI is InChI=1S/C58H94O27/c1-22-33(65)36(68)39(71)48(78-22)82-44-28(63)20-76-47(42(44)74)81-43-23(2)79-49(41(73)38(43)70)83-45-34(66)27(62)19-77-51(45)85-52(75)58-14-13-53(3,4)15-25(58)24-9-10-31-54(5)16-26(61)46(84-50-40(72)37(69)35(67)29(18-59)80-50)55(6,21-60)30(54)11-12-56(31,7)57(24,8)17-32(58)64/h9,22-23,25-51,59-74H,10-21H2,1-8H3/t22-,23-,25-,26-,27-,28+,29+,30+,31+,32+,33-,34-,35+,36+,37-,38-,39+,40+,41+,42+,43-,44-,45+,46-,47-,48-,49-,50-,51+,54-,55-,56+,57+,58+/m0/s1. The van der Waals surface area contributed by atoms with Crippen LogP contribution in [-0.4, -0.2) is 274 Å². The molecule has 0 spiro atoms. The van der Waals surface area contributed by atoms with E-state index in [4.69, 9.17) is 47.4 Å². The number of fused-ring (bicyclic) bond motifs is 7. The summed E-state index contributed by atoms with van der Waals surface area (Å²) in [5.74, 6) is -1.84. The maximum absolute atomic E-state index is 15.4. The molecule has 0 unspecified atom stereocenters. The molecule has 5 aliphatic heterocycles. The van der Waals surface area contributed by atoms with Crippen LogP contribution in [0.4, 0.5) is 0 Å². The smallest absolute Gasteiger partial charge is 0.317 e. The number of allylic oxidation sites excluding steroid dienone is 2. The summed E-state index contributed by atoms with van der Waals surface area (Å²) < 4.78 is 59.0. The number of carbonyl (C=O) groups is 1. The summed E-state index contributed by atoms with van der Waals surface area (Å²) in [7, 11) is 0. The van der Waals surface area contributed by atoms with Crippen molar-refractivity contribution in [3.05, 3.63) is 11.6 Å². The summed E-state index contributed by atoms with van der Waals surface area (Å²) in [5, 5.41) is 177. The molecule has 0 aromatic carbocycles. The number of aliphatic hydroxyl groups excluding tert-OH is 16. The maximum atomic E-state index is 15.4. The molecule has 5 saturated heterocycles. The Morgan fingerprint density at radius 2 is 1.14 bits per heavy atom. The van der Waals surface area contributed by atoms with Gasteiger partial charge in [0.15, 0.2) is 31.3 Å². The minimum Gasteiger partial charge on any atom is -0.432 e. The molecular weight excluding hydrogens is 1130 g/mol. The molecule has 0 bridgehead atoms. The Bertz CT molecular complexity index is 2390. The SMILES string of the molecule is C[C@@H]1O[C@@H](O[C@@H]2[C@@H](O)[C@H](O[C@@H]3[C@@H](O)[C@@H](O)[C@H](O[C@H]4[C@@H](OC(=O)[C@]56CCC(C)(C)C[C@H]5C5=CC[C@@H]7[C@@]8(C)C[C@H](O)[C@H](O[C@@H]9O[C@H](CO)[C@@H](O)[C@H](O)[C@H]9O)[C@@](C)(CO)[C@@H]8CC[C@@]7(C)[C@]5(C)C[C@H]6O)OC[C@H](O)[C@@H]4O)O[C@H]3C)OC[C@H]2O)[C@H](O)[C@H](O)[C@H]1O. The van der Waals surface area contributed by atoms with Crippen molar-refractivity contribution in [1.29, 1.82) is 0 Å². The lowest BCUT2D eigenvalue weighted by molar-refractivity contribution is -0.377. The molecule has 9 fully saturated rings. The van der Waals surface area contributed by atoms with Crippen LogP contribution in [0.3, 0.4) is 0 Å². The zero-order valence-corrected chi connectivity index (χ0v) is 49.5. The lowest BCUT2D eigenvalue weighted by atomic mass is 9.33. The van der Waals surface area contributed by atoms with Crippen LogP contribution >= 0.6 is 0 Å². The highest BCUT2D eigenvalue weighted by atomic mass is 16.8. The molecule has 0 amide bonds. The van der Waals surface area contributed by atoms with Gasteiger partial charge in [-0.1, -0.05) is 53.2 Å². The van der Waals surface area contributed by atoms with Crippen molar-refractivity contribution in [3.63, 3.8) is 0 Å². The van der Waals surface area contributed by atoms with E-state index in [1.54, 1.807) is 0 Å². The first kappa shape index (κ1) is 66.1. The molecule has 10 aliphatic rings. The molecule has 5 heterocycles. The largest absolute Gasteiger partial charge is 0.432 e. The van der Waals surface area contributed by atoms with E-state index in [1.165, 1.54) is 13.8 Å². The summed E-state index contributed by atoms with van der Waals surface area (Å²) in [6.07, 6.45) is -35.5. The summed E-state index contributed by atoms with van der Waals surface area (Å²) >= 11 is 0. The van der Waals surface area contributed by atoms with E-state index < -0.39 is 225 Å². The van der Waals surface area contributed by atoms with Crippen LogP contribution in [0, 0.1) is 50.2 Å². The number of rotatable bonds is 12. The highest BCUT2D eigenvalue weighted by Crippen LogP contribution is 2.76. The summed E-state index contributed by atoms with van der Waals surface area (Å²) in [6, 6.07) is 0. The molecule has 34 atom stereocenters. The second-order valence-electron chi connectivity index (χ2n) is 28.3. The van der Waals surface area contributed by atoms with Crippen LogP contribution in [0.25, 0.3) is 0 Å². The summed E-state index contributed by atoms with van der Waals surface area (Å²) in [5.41, 5.74) is -3.98. The average Bonchev–Trinajstić information content (AvgIpc) is 0.689. The average molecular weight is 1220 g/mol. The third-order valence-corrected chi connectivity index (χ3v) is 22.8.